The highest BCUT2D eigenvalue weighted by atomic mass is 19.1. The summed E-state index contributed by atoms with van der Waals surface area (Å²) in [4.78, 5) is 16.5. The molecule has 9 heteroatoms. The zero-order valence-electron chi connectivity index (χ0n) is 16.7. The van der Waals surface area contributed by atoms with Gasteiger partial charge in [0.25, 0.3) is 5.91 Å². The van der Waals surface area contributed by atoms with Crippen LogP contribution >= 0.6 is 0 Å². The summed E-state index contributed by atoms with van der Waals surface area (Å²) in [6.45, 7) is 0.991. The van der Waals surface area contributed by atoms with Crippen LogP contribution < -0.4 is 10.1 Å². The van der Waals surface area contributed by atoms with Gasteiger partial charge < -0.3 is 24.4 Å². The Morgan fingerprint density at radius 3 is 2.65 bits per heavy atom. The third-order valence-corrected chi connectivity index (χ3v) is 5.04. The molecule has 0 unspecified atom stereocenters. The molecule has 0 aliphatic carbocycles. The number of hydrogen-bond acceptors (Lipinski definition) is 7. The van der Waals surface area contributed by atoms with Crippen molar-refractivity contribution in [3.8, 4) is 17.0 Å². The van der Waals surface area contributed by atoms with E-state index in [9.17, 15) is 14.3 Å². The fraction of sp³-hybridized carbons (Fsp3) is 0.318. The molecule has 2 aromatic heterocycles. The van der Waals surface area contributed by atoms with E-state index < -0.39 is 0 Å². The van der Waals surface area contributed by atoms with Gasteiger partial charge in [0.15, 0.2) is 5.76 Å². The first-order valence-corrected chi connectivity index (χ1v) is 9.95. The van der Waals surface area contributed by atoms with E-state index in [2.05, 4.69) is 15.5 Å². The average molecular weight is 427 g/mol. The normalized spacial score (nSPS) is 14.4. The fourth-order valence-corrected chi connectivity index (χ4v) is 3.31. The molecule has 1 amide bonds. The molecule has 0 saturated carbocycles. The van der Waals surface area contributed by atoms with Gasteiger partial charge in [0.05, 0.1) is 11.8 Å². The molecule has 3 heterocycles. The molecule has 1 fully saturated rings. The van der Waals surface area contributed by atoms with Crippen LogP contribution in [0.1, 0.15) is 34.7 Å². The van der Waals surface area contributed by atoms with Gasteiger partial charge in [-0.05, 0) is 49.2 Å². The zero-order valence-corrected chi connectivity index (χ0v) is 16.7. The van der Waals surface area contributed by atoms with Gasteiger partial charge in [-0.2, -0.15) is 0 Å². The minimum absolute atomic E-state index is 0.0569. The number of carbonyl (C=O) groups is 1. The number of aliphatic hydroxyl groups is 1. The summed E-state index contributed by atoms with van der Waals surface area (Å²) >= 11 is 0. The summed E-state index contributed by atoms with van der Waals surface area (Å²) in [5, 5.41) is 16.5. The second-order valence-electron chi connectivity index (χ2n) is 7.13. The highest BCUT2D eigenvalue weighted by Gasteiger charge is 2.19. The van der Waals surface area contributed by atoms with Crippen LogP contribution in [0.4, 0.5) is 4.39 Å². The van der Waals surface area contributed by atoms with Crippen LogP contribution in [-0.2, 0) is 18.0 Å². The Morgan fingerprint density at radius 2 is 1.97 bits per heavy atom. The summed E-state index contributed by atoms with van der Waals surface area (Å²) in [6, 6.07) is 9.12. The number of benzene rings is 1. The van der Waals surface area contributed by atoms with Crippen LogP contribution in [0, 0.1) is 5.82 Å². The Kier molecular flexibility index (Phi) is 6.54. The van der Waals surface area contributed by atoms with Crippen molar-refractivity contribution < 1.29 is 28.3 Å². The van der Waals surface area contributed by atoms with Crippen LogP contribution in [0.2, 0.25) is 0 Å². The Morgan fingerprint density at radius 1 is 1.19 bits per heavy atom. The van der Waals surface area contributed by atoms with E-state index in [1.807, 2.05) is 0 Å². The van der Waals surface area contributed by atoms with Gasteiger partial charge in [-0.15, -0.1) is 0 Å². The fourth-order valence-electron chi connectivity index (χ4n) is 3.31. The van der Waals surface area contributed by atoms with E-state index in [1.165, 1.54) is 18.3 Å². The number of carbonyl (C=O) groups excluding carboxylic acids is 1. The van der Waals surface area contributed by atoms with E-state index >= 15 is 0 Å². The van der Waals surface area contributed by atoms with Crippen molar-refractivity contribution in [2.24, 2.45) is 0 Å². The Bertz CT molecular complexity index is 1010. The molecule has 1 saturated heterocycles. The third kappa shape index (κ3) is 5.07. The standard InChI is InChI=1S/C22H22FN3O5/c23-15-3-1-14(2-4-15)21-18(20(12-27)31-26-21)13-30-17-5-6-19(24-11-17)22(28)25-16-7-9-29-10-8-16/h1-6,11,16,27H,7-10,12-13H2,(H,25,28). The monoisotopic (exact) mass is 427 g/mol. The molecule has 31 heavy (non-hydrogen) atoms. The lowest BCUT2D eigenvalue weighted by atomic mass is 10.1. The van der Waals surface area contributed by atoms with Crippen molar-refractivity contribution in [1.29, 1.82) is 0 Å². The Labute approximate surface area is 178 Å². The van der Waals surface area contributed by atoms with Crippen LogP contribution in [0.3, 0.4) is 0 Å². The molecule has 1 aliphatic heterocycles. The first kappa shape index (κ1) is 21.0. The van der Waals surface area contributed by atoms with Gasteiger partial charge in [-0.25, -0.2) is 9.37 Å². The first-order valence-electron chi connectivity index (χ1n) is 9.95. The number of pyridine rings is 1. The SMILES string of the molecule is O=C(NC1CCOCC1)c1ccc(OCc2c(-c3ccc(F)cc3)noc2CO)cn1. The topological polar surface area (TPSA) is 107 Å². The summed E-state index contributed by atoms with van der Waals surface area (Å²) < 4.78 is 29.5. The minimum Gasteiger partial charge on any atom is -0.487 e. The number of ether oxygens (including phenoxy) is 2. The summed E-state index contributed by atoms with van der Waals surface area (Å²) in [6.07, 6.45) is 3.03. The molecule has 162 valence electrons. The molecule has 8 nitrogen and oxygen atoms in total. The van der Waals surface area contributed by atoms with Crippen molar-refractivity contribution in [2.75, 3.05) is 13.2 Å². The number of nitrogens with zero attached hydrogens (tertiary/aromatic N) is 2. The van der Waals surface area contributed by atoms with Crippen molar-refractivity contribution >= 4 is 5.91 Å². The highest BCUT2D eigenvalue weighted by Crippen LogP contribution is 2.27. The van der Waals surface area contributed by atoms with E-state index in [4.69, 9.17) is 14.0 Å². The largest absolute Gasteiger partial charge is 0.487 e. The number of nitrogens with one attached hydrogen (secondary N) is 1. The van der Waals surface area contributed by atoms with Gasteiger partial charge in [-0.1, -0.05) is 5.16 Å². The third-order valence-electron chi connectivity index (χ3n) is 5.04. The first-order chi connectivity index (χ1) is 15.1. The second-order valence-corrected chi connectivity index (χ2v) is 7.13. The molecule has 4 rings (SSSR count). The quantitative estimate of drug-likeness (QED) is 0.597. The van der Waals surface area contributed by atoms with E-state index in [-0.39, 0.29) is 36.7 Å². The molecule has 0 bridgehead atoms. The van der Waals surface area contributed by atoms with Crippen LogP contribution in [0.25, 0.3) is 11.3 Å². The van der Waals surface area contributed by atoms with Gasteiger partial charge in [0.2, 0.25) is 0 Å². The molecule has 0 spiro atoms. The number of aromatic nitrogens is 2. The predicted molar refractivity (Wildman–Crippen MR) is 108 cm³/mol. The Balaban J connectivity index is 1.42. The second kappa shape index (κ2) is 9.67. The maximum atomic E-state index is 13.2. The molecule has 0 radical (unpaired) electrons. The lowest BCUT2D eigenvalue weighted by Gasteiger charge is -2.22. The van der Waals surface area contributed by atoms with E-state index in [0.717, 1.165) is 12.8 Å². The number of halogens is 1. The van der Waals surface area contributed by atoms with Crippen LogP contribution in [0.5, 0.6) is 5.75 Å². The lowest BCUT2D eigenvalue weighted by molar-refractivity contribution is 0.0694. The van der Waals surface area contributed by atoms with Crippen molar-refractivity contribution in [2.45, 2.75) is 32.1 Å². The maximum Gasteiger partial charge on any atom is 0.270 e. The maximum absolute atomic E-state index is 13.2. The number of rotatable bonds is 7. The molecular weight excluding hydrogens is 405 g/mol. The highest BCUT2D eigenvalue weighted by molar-refractivity contribution is 5.92. The van der Waals surface area contributed by atoms with Gasteiger partial charge in [0, 0.05) is 24.8 Å². The molecule has 1 aliphatic rings. The van der Waals surface area contributed by atoms with Gasteiger partial charge >= 0.3 is 0 Å². The van der Waals surface area contributed by atoms with E-state index in [0.29, 0.717) is 41.5 Å². The molecular formula is C22H22FN3O5. The number of amides is 1. The molecule has 0 atom stereocenters. The summed E-state index contributed by atoms with van der Waals surface area (Å²) in [7, 11) is 0. The lowest BCUT2D eigenvalue weighted by Crippen LogP contribution is -2.39. The zero-order chi connectivity index (χ0) is 21.6. The molecule has 3 aromatic rings. The summed E-state index contributed by atoms with van der Waals surface area (Å²) in [5.41, 5.74) is 1.95. The molecule has 2 N–H and O–H groups in total. The Hall–Kier alpha value is -3.30. The minimum atomic E-state index is -0.362. The smallest absolute Gasteiger partial charge is 0.270 e. The van der Waals surface area contributed by atoms with Crippen molar-refractivity contribution in [3.05, 3.63) is 65.4 Å². The average Bonchev–Trinajstić information content (AvgIpc) is 3.22. The summed E-state index contributed by atoms with van der Waals surface area (Å²) in [5.74, 6) is 0.107. The number of aliphatic hydroxyl groups excluding tert-OH is 1. The van der Waals surface area contributed by atoms with Crippen molar-refractivity contribution in [3.63, 3.8) is 0 Å². The van der Waals surface area contributed by atoms with Crippen LogP contribution in [-0.4, -0.2) is 40.4 Å². The molecule has 1 aromatic carbocycles. The number of hydrogen-bond donors (Lipinski definition) is 2. The van der Waals surface area contributed by atoms with Gasteiger partial charge in [-0.3, -0.25) is 4.79 Å². The predicted octanol–water partition coefficient (Wildman–Crippen LogP) is 2.86. The van der Waals surface area contributed by atoms with Gasteiger partial charge in [0.1, 0.15) is 36.2 Å². The van der Waals surface area contributed by atoms with E-state index in [1.54, 1.807) is 24.3 Å². The van der Waals surface area contributed by atoms with Crippen molar-refractivity contribution in [1.82, 2.24) is 15.5 Å². The van der Waals surface area contributed by atoms with Crippen LogP contribution in [0.15, 0.2) is 47.1 Å².